The van der Waals surface area contributed by atoms with E-state index < -0.39 is 0 Å². The Hall–Kier alpha value is -1.64. The number of carbonyl (C=O) groups is 2. The number of rotatable bonds is 5. The lowest BCUT2D eigenvalue weighted by Gasteiger charge is -2.27. The van der Waals surface area contributed by atoms with Gasteiger partial charge in [0.15, 0.2) is 5.78 Å². The van der Waals surface area contributed by atoms with Gasteiger partial charge in [-0.1, -0.05) is 56.0 Å². The smallest absolute Gasteiger partial charge is 0.223 e. The van der Waals surface area contributed by atoms with Crippen LogP contribution in [0.15, 0.2) is 30.3 Å². The van der Waals surface area contributed by atoms with E-state index in [0.29, 0.717) is 24.4 Å². The Balaban J connectivity index is 1.82. The van der Waals surface area contributed by atoms with Crippen molar-refractivity contribution in [3.63, 3.8) is 0 Å². The van der Waals surface area contributed by atoms with Crippen LogP contribution in [0, 0.1) is 0 Å². The molecule has 1 saturated carbocycles. The van der Waals surface area contributed by atoms with E-state index in [1.807, 2.05) is 42.3 Å². The van der Waals surface area contributed by atoms with Crippen molar-refractivity contribution in [2.75, 3.05) is 7.05 Å². The second-order valence-electron chi connectivity index (χ2n) is 5.94. The molecule has 0 bridgehead atoms. The molecule has 0 saturated heterocycles. The number of amides is 1. The zero-order chi connectivity index (χ0) is 15.1. The summed E-state index contributed by atoms with van der Waals surface area (Å²) in [4.78, 5) is 26.2. The fraction of sp³-hybridized carbons (Fsp3) is 0.556. The lowest BCUT2D eigenvalue weighted by Crippen LogP contribution is -2.36. The number of hydrogen-bond acceptors (Lipinski definition) is 2. The molecule has 0 unspecified atom stereocenters. The molecule has 0 aromatic heterocycles. The number of hydrogen-bond donors (Lipinski definition) is 0. The van der Waals surface area contributed by atoms with Crippen LogP contribution in [0.2, 0.25) is 0 Å². The van der Waals surface area contributed by atoms with Crippen LogP contribution < -0.4 is 0 Å². The lowest BCUT2D eigenvalue weighted by molar-refractivity contribution is -0.132. The lowest BCUT2D eigenvalue weighted by atomic mass is 10.0. The minimum absolute atomic E-state index is 0.0539. The van der Waals surface area contributed by atoms with Crippen LogP contribution in [0.3, 0.4) is 0 Å². The molecule has 0 atom stereocenters. The van der Waals surface area contributed by atoms with Gasteiger partial charge in [-0.05, 0) is 12.8 Å². The molecule has 21 heavy (non-hydrogen) atoms. The van der Waals surface area contributed by atoms with Crippen molar-refractivity contribution in [2.45, 2.75) is 57.4 Å². The molecule has 1 amide bonds. The molecule has 1 fully saturated rings. The largest absolute Gasteiger partial charge is 0.343 e. The fourth-order valence-corrected chi connectivity index (χ4v) is 3.01. The number of benzene rings is 1. The average Bonchev–Trinajstić information content (AvgIpc) is 2.81. The molecule has 114 valence electrons. The summed E-state index contributed by atoms with van der Waals surface area (Å²) in [5.41, 5.74) is 0.697. The molecule has 1 aliphatic rings. The number of nitrogens with zero attached hydrogens (tertiary/aromatic N) is 1. The molecule has 1 aromatic rings. The summed E-state index contributed by atoms with van der Waals surface area (Å²) in [5, 5.41) is 0. The van der Waals surface area contributed by atoms with Crippen LogP contribution in [-0.4, -0.2) is 29.7 Å². The first kappa shape index (κ1) is 15.7. The van der Waals surface area contributed by atoms with E-state index in [4.69, 9.17) is 0 Å². The highest BCUT2D eigenvalue weighted by Crippen LogP contribution is 2.21. The Bertz CT molecular complexity index is 461. The minimum Gasteiger partial charge on any atom is -0.343 e. The third-order valence-corrected chi connectivity index (χ3v) is 4.43. The van der Waals surface area contributed by atoms with Crippen molar-refractivity contribution in [3.05, 3.63) is 35.9 Å². The number of ketones is 1. The highest BCUT2D eigenvalue weighted by atomic mass is 16.2. The summed E-state index contributed by atoms with van der Waals surface area (Å²) >= 11 is 0. The van der Waals surface area contributed by atoms with Crippen molar-refractivity contribution in [3.8, 4) is 0 Å². The zero-order valence-electron chi connectivity index (χ0n) is 12.9. The summed E-state index contributed by atoms with van der Waals surface area (Å²) in [5.74, 6) is 0.157. The second-order valence-corrected chi connectivity index (χ2v) is 5.94. The van der Waals surface area contributed by atoms with Gasteiger partial charge < -0.3 is 4.90 Å². The highest BCUT2D eigenvalue weighted by molar-refractivity contribution is 5.97. The normalized spacial score (nSPS) is 16.2. The van der Waals surface area contributed by atoms with E-state index in [1.54, 1.807) is 0 Å². The third-order valence-electron chi connectivity index (χ3n) is 4.43. The number of Topliss-reactive ketones (excluding diaryl/α,β-unsaturated/α-hetero) is 1. The summed E-state index contributed by atoms with van der Waals surface area (Å²) in [6, 6.07) is 9.58. The van der Waals surface area contributed by atoms with Crippen molar-refractivity contribution in [1.82, 2.24) is 4.90 Å². The average molecular weight is 287 g/mol. The predicted octanol–water partition coefficient (Wildman–Crippen LogP) is 3.83. The molecular weight excluding hydrogens is 262 g/mol. The standard InChI is InChI=1S/C18H25NO2/c1-19(16-11-7-2-3-8-12-16)18(21)14-13-17(20)15-9-5-4-6-10-15/h4-6,9-10,16H,2-3,7-8,11-14H2,1H3. The SMILES string of the molecule is CN(C(=O)CCC(=O)c1ccccc1)C1CCCCCC1. The van der Waals surface area contributed by atoms with Gasteiger partial charge in [0.05, 0.1) is 0 Å². The third kappa shape index (κ3) is 4.69. The van der Waals surface area contributed by atoms with Crippen molar-refractivity contribution >= 4 is 11.7 Å². The van der Waals surface area contributed by atoms with Gasteiger partial charge >= 0.3 is 0 Å². The van der Waals surface area contributed by atoms with Crippen LogP contribution in [0.25, 0.3) is 0 Å². The summed E-state index contributed by atoms with van der Waals surface area (Å²) < 4.78 is 0. The van der Waals surface area contributed by atoms with E-state index >= 15 is 0 Å². The Kier molecular flexibility index (Phi) is 5.97. The first-order valence-corrected chi connectivity index (χ1v) is 8.02. The summed E-state index contributed by atoms with van der Waals surface area (Å²) in [6.45, 7) is 0. The van der Waals surface area contributed by atoms with E-state index in [2.05, 4.69) is 0 Å². The van der Waals surface area contributed by atoms with Gasteiger partial charge in [0.1, 0.15) is 0 Å². The highest BCUT2D eigenvalue weighted by Gasteiger charge is 2.21. The quantitative estimate of drug-likeness (QED) is 0.609. The molecule has 3 heteroatoms. The summed E-state index contributed by atoms with van der Waals surface area (Å²) in [6.07, 6.45) is 7.83. The van der Waals surface area contributed by atoms with Gasteiger partial charge in [0.25, 0.3) is 0 Å². The van der Waals surface area contributed by atoms with Gasteiger partial charge in [-0.2, -0.15) is 0 Å². The Labute approximate surface area is 127 Å². The molecule has 0 radical (unpaired) electrons. The van der Waals surface area contributed by atoms with Crippen molar-refractivity contribution in [1.29, 1.82) is 0 Å². The molecule has 0 spiro atoms. The van der Waals surface area contributed by atoms with Crippen LogP contribution >= 0.6 is 0 Å². The Morgan fingerprint density at radius 1 is 1.00 bits per heavy atom. The van der Waals surface area contributed by atoms with Crippen molar-refractivity contribution in [2.24, 2.45) is 0 Å². The maximum absolute atomic E-state index is 12.3. The molecule has 0 heterocycles. The zero-order valence-corrected chi connectivity index (χ0v) is 12.9. The monoisotopic (exact) mass is 287 g/mol. The molecular formula is C18H25NO2. The van der Waals surface area contributed by atoms with E-state index in [9.17, 15) is 9.59 Å². The topological polar surface area (TPSA) is 37.4 Å². The summed E-state index contributed by atoms with van der Waals surface area (Å²) in [7, 11) is 1.89. The second kappa shape index (κ2) is 7.96. The Morgan fingerprint density at radius 2 is 1.62 bits per heavy atom. The van der Waals surface area contributed by atoms with E-state index in [0.717, 1.165) is 12.8 Å². The molecule has 0 N–H and O–H groups in total. The molecule has 0 aliphatic heterocycles. The van der Waals surface area contributed by atoms with Gasteiger partial charge in [-0.3, -0.25) is 9.59 Å². The maximum Gasteiger partial charge on any atom is 0.223 e. The van der Waals surface area contributed by atoms with Crippen molar-refractivity contribution < 1.29 is 9.59 Å². The molecule has 3 nitrogen and oxygen atoms in total. The first-order chi connectivity index (χ1) is 10.2. The molecule has 2 rings (SSSR count). The maximum atomic E-state index is 12.3. The van der Waals surface area contributed by atoms with Gasteiger partial charge in [-0.25, -0.2) is 0 Å². The van der Waals surface area contributed by atoms with Gasteiger partial charge in [-0.15, -0.1) is 0 Å². The van der Waals surface area contributed by atoms with E-state index in [-0.39, 0.29) is 11.7 Å². The van der Waals surface area contributed by atoms with Gasteiger partial charge in [0, 0.05) is 31.5 Å². The Morgan fingerprint density at radius 3 is 2.24 bits per heavy atom. The number of carbonyl (C=O) groups excluding carboxylic acids is 2. The van der Waals surface area contributed by atoms with Crippen LogP contribution in [0.1, 0.15) is 61.7 Å². The fourth-order valence-electron chi connectivity index (χ4n) is 3.01. The molecule has 1 aliphatic carbocycles. The van der Waals surface area contributed by atoms with Crippen LogP contribution in [0.5, 0.6) is 0 Å². The molecule has 1 aromatic carbocycles. The predicted molar refractivity (Wildman–Crippen MR) is 84.3 cm³/mol. The van der Waals surface area contributed by atoms with Crippen LogP contribution in [0.4, 0.5) is 0 Å². The first-order valence-electron chi connectivity index (χ1n) is 8.02. The minimum atomic E-state index is 0.0539. The van der Waals surface area contributed by atoms with E-state index in [1.165, 1.54) is 25.7 Å². The van der Waals surface area contributed by atoms with Crippen LogP contribution in [-0.2, 0) is 4.79 Å². The van der Waals surface area contributed by atoms with Gasteiger partial charge in [0.2, 0.25) is 5.91 Å².